The van der Waals surface area contributed by atoms with E-state index in [0.717, 1.165) is 18.5 Å². The molecule has 0 aromatic carbocycles. The van der Waals surface area contributed by atoms with E-state index in [1.807, 2.05) is 13.2 Å². The molecule has 7 nitrogen and oxygen atoms in total. The first-order chi connectivity index (χ1) is 9.97. The Labute approximate surface area is 126 Å². The van der Waals surface area contributed by atoms with Gasteiger partial charge in [-0.1, -0.05) is 0 Å². The summed E-state index contributed by atoms with van der Waals surface area (Å²) in [7, 11) is 0.0786. The van der Waals surface area contributed by atoms with Gasteiger partial charge in [0.15, 0.2) is 0 Å². The van der Waals surface area contributed by atoms with Gasteiger partial charge in [0.25, 0.3) is 10.2 Å². The fraction of sp³-hybridized carbons (Fsp3) is 0.769. The van der Waals surface area contributed by atoms with Crippen LogP contribution in [-0.2, 0) is 23.7 Å². The molecule has 0 atom stereocenters. The molecule has 0 bridgehead atoms. The van der Waals surface area contributed by atoms with Crippen LogP contribution in [0.4, 0.5) is 0 Å². The lowest BCUT2D eigenvalue weighted by Gasteiger charge is -2.17. The van der Waals surface area contributed by atoms with E-state index in [9.17, 15) is 8.42 Å². The Morgan fingerprint density at radius 3 is 2.81 bits per heavy atom. The van der Waals surface area contributed by atoms with Gasteiger partial charge in [-0.05, 0) is 37.8 Å². The van der Waals surface area contributed by atoms with Crippen LogP contribution in [0.1, 0.15) is 24.8 Å². The lowest BCUT2D eigenvalue weighted by atomic mass is 10.3. The van der Waals surface area contributed by atoms with Gasteiger partial charge in [-0.2, -0.15) is 17.8 Å². The molecule has 8 heteroatoms. The second-order valence-electron chi connectivity index (χ2n) is 5.58. The Bertz CT molecular complexity index is 539. The van der Waals surface area contributed by atoms with Crippen molar-refractivity contribution in [1.29, 1.82) is 0 Å². The van der Waals surface area contributed by atoms with E-state index < -0.39 is 10.2 Å². The van der Waals surface area contributed by atoms with Crippen LogP contribution in [0.15, 0.2) is 12.4 Å². The van der Waals surface area contributed by atoms with E-state index in [4.69, 9.17) is 0 Å². The Kier molecular flexibility index (Phi) is 5.74. The van der Waals surface area contributed by atoms with Crippen molar-refractivity contribution >= 4 is 10.2 Å². The molecule has 0 unspecified atom stereocenters. The molecule has 1 heterocycles. The molecule has 1 aromatic rings. The highest BCUT2D eigenvalue weighted by molar-refractivity contribution is 7.87. The zero-order chi connectivity index (χ0) is 15.3. The smallest absolute Gasteiger partial charge is 0.279 e. The van der Waals surface area contributed by atoms with Crippen LogP contribution >= 0.6 is 0 Å². The first-order valence-corrected chi connectivity index (χ1v) is 8.83. The van der Waals surface area contributed by atoms with Crippen LogP contribution < -0.4 is 10.0 Å². The van der Waals surface area contributed by atoms with Crippen LogP contribution in [0.2, 0.25) is 0 Å². The van der Waals surface area contributed by atoms with Gasteiger partial charge in [-0.3, -0.25) is 4.68 Å². The van der Waals surface area contributed by atoms with E-state index in [-0.39, 0.29) is 0 Å². The molecule has 0 amide bonds. The van der Waals surface area contributed by atoms with Gasteiger partial charge in [0.2, 0.25) is 0 Å². The van der Waals surface area contributed by atoms with Gasteiger partial charge >= 0.3 is 0 Å². The SMILES string of the molecule is CN(CCCNC1CC1)S(=O)(=O)NCCc1cnn(C)c1. The molecule has 1 aliphatic carbocycles. The minimum atomic E-state index is -3.38. The van der Waals surface area contributed by atoms with Crippen molar-refractivity contribution in [3.8, 4) is 0 Å². The molecule has 0 radical (unpaired) electrons. The second-order valence-corrected chi connectivity index (χ2v) is 7.44. The Morgan fingerprint density at radius 1 is 1.43 bits per heavy atom. The van der Waals surface area contributed by atoms with Gasteiger partial charge in [-0.25, -0.2) is 4.72 Å². The summed E-state index contributed by atoms with van der Waals surface area (Å²) in [4.78, 5) is 0. The van der Waals surface area contributed by atoms with Crippen molar-refractivity contribution in [2.45, 2.75) is 31.7 Å². The predicted molar refractivity (Wildman–Crippen MR) is 82.1 cm³/mol. The Balaban J connectivity index is 1.64. The first kappa shape index (κ1) is 16.4. The summed E-state index contributed by atoms with van der Waals surface area (Å²) in [5.74, 6) is 0. The number of hydrogen-bond donors (Lipinski definition) is 2. The van der Waals surface area contributed by atoms with Crippen molar-refractivity contribution in [3.05, 3.63) is 18.0 Å². The Hall–Kier alpha value is -0.960. The highest BCUT2D eigenvalue weighted by Gasteiger charge is 2.20. The van der Waals surface area contributed by atoms with Crippen LogP contribution in [0.3, 0.4) is 0 Å². The minimum absolute atomic E-state index is 0.388. The van der Waals surface area contributed by atoms with Crippen LogP contribution in [0.25, 0.3) is 0 Å². The third-order valence-electron chi connectivity index (χ3n) is 3.53. The molecule has 0 spiro atoms. The highest BCUT2D eigenvalue weighted by Crippen LogP contribution is 2.18. The summed E-state index contributed by atoms with van der Waals surface area (Å²) in [5.41, 5.74) is 1.02. The maximum absolute atomic E-state index is 12.0. The van der Waals surface area contributed by atoms with Crippen molar-refractivity contribution in [3.63, 3.8) is 0 Å². The molecule has 120 valence electrons. The standard InChI is InChI=1S/C13H25N5O2S/c1-17-11-12(10-15-17)6-8-16-21(19,20)18(2)9-3-7-14-13-4-5-13/h10-11,13-14,16H,3-9H2,1-2H3. The van der Waals surface area contributed by atoms with Crippen molar-refractivity contribution in [1.82, 2.24) is 24.1 Å². The average molecular weight is 315 g/mol. The molecule has 1 saturated carbocycles. The molecule has 21 heavy (non-hydrogen) atoms. The summed E-state index contributed by atoms with van der Waals surface area (Å²) in [5, 5.41) is 7.44. The van der Waals surface area contributed by atoms with Crippen LogP contribution in [-0.4, -0.2) is 55.2 Å². The van der Waals surface area contributed by atoms with Gasteiger partial charge in [0.05, 0.1) is 6.20 Å². The average Bonchev–Trinajstić information content (AvgIpc) is 3.16. The quantitative estimate of drug-likeness (QED) is 0.590. The number of aromatic nitrogens is 2. The molecule has 1 aromatic heterocycles. The summed E-state index contributed by atoms with van der Waals surface area (Å²) in [6.07, 6.45) is 7.62. The number of hydrogen-bond acceptors (Lipinski definition) is 4. The molecule has 0 aliphatic heterocycles. The second kappa shape index (κ2) is 7.35. The van der Waals surface area contributed by atoms with E-state index >= 15 is 0 Å². The summed E-state index contributed by atoms with van der Waals surface area (Å²) >= 11 is 0. The largest absolute Gasteiger partial charge is 0.314 e. The van der Waals surface area contributed by atoms with Crippen molar-refractivity contribution in [2.24, 2.45) is 7.05 Å². The maximum Gasteiger partial charge on any atom is 0.279 e. The van der Waals surface area contributed by atoms with E-state index in [1.54, 1.807) is 17.9 Å². The van der Waals surface area contributed by atoms with E-state index in [1.165, 1.54) is 17.1 Å². The van der Waals surface area contributed by atoms with Crippen LogP contribution in [0.5, 0.6) is 0 Å². The normalized spacial score (nSPS) is 15.8. The van der Waals surface area contributed by atoms with Crippen LogP contribution in [0, 0.1) is 0 Å². The summed E-state index contributed by atoms with van der Waals surface area (Å²) in [6.45, 7) is 1.79. The molecule has 1 fully saturated rings. The fourth-order valence-corrected chi connectivity index (χ4v) is 3.00. The molecule has 2 N–H and O–H groups in total. The van der Waals surface area contributed by atoms with E-state index in [2.05, 4.69) is 15.1 Å². The lowest BCUT2D eigenvalue weighted by Crippen LogP contribution is -2.40. The number of rotatable bonds is 10. The highest BCUT2D eigenvalue weighted by atomic mass is 32.2. The molecule has 1 aliphatic rings. The first-order valence-electron chi connectivity index (χ1n) is 7.39. The number of nitrogens with zero attached hydrogens (tertiary/aromatic N) is 3. The minimum Gasteiger partial charge on any atom is -0.314 e. The third-order valence-corrected chi connectivity index (χ3v) is 5.10. The summed E-state index contributed by atoms with van der Waals surface area (Å²) < 4.78 is 29.8. The Morgan fingerprint density at radius 2 is 2.19 bits per heavy atom. The molecule has 0 saturated heterocycles. The number of nitrogens with one attached hydrogen (secondary N) is 2. The topological polar surface area (TPSA) is 79.3 Å². The number of aryl methyl sites for hydroxylation is 1. The predicted octanol–water partition coefficient (Wildman–Crippen LogP) is -0.129. The van der Waals surface area contributed by atoms with Crippen molar-refractivity contribution in [2.75, 3.05) is 26.7 Å². The fourth-order valence-electron chi connectivity index (χ4n) is 2.05. The van der Waals surface area contributed by atoms with Crippen molar-refractivity contribution < 1.29 is 8.42 Å². The zero-order valence-corrected chi connectivity index (χ0v) is 13.6. The summed E-state index contributed by atoms with van der Waals surface area (Å²) in [6, 6.07) is 0.671. The lowest BCUT2D eigenvalue weighted by molar-refractivity contribution is 0.444. The van der Waals surface area contributed by atoms with Gasteiger partial charge in [-0.15, -0.1) is 0 Å². The van der Waals surface area contributed by atoms with E-state index in [0.29, 0.717) is 25.6 Å². The van der Waals surface area contributed by atoms with Gasteiger partial charge in [0.1, 0.15) is 0 Å². The monoisotopic (exact) mass is 315 g/mol. The molecule has 2 rings (SSSR count). The maximum atomic E-state index is 12.0. The zero-order valence-electron chi connectivity index (χ0n) is 12.7. The molecular formula is C13H25N5O2S. The molecular weight excluding hydrogens is 290 g/mol. The third kappa shape index (κ3) is 5.74. The van der Waals surface area contributed by atoms with Gasteiger partial charge < -0.3 is 5.32 Å². The van der Waals surface area contributed by atoms with Gasteiger partial charge in [0, 0.05) is 39.4 Å².